The lowest BCUT2D eigenvalue weighted by molar-refractivity contribution is 0.159. The summed E-state index contributed by atoms with van der Waals surface area (Å²) in [5.74, 6) is 1.01. The maximum Gasteiger partial charge on any atom is 0.320 e. The number of amides is 2. The van der Waals surface area contributed by atoms with Gasteiger partial charge < -0.3 is 10.1 Å². The van der Waals surface area contributed by atoms with E-state index >= 15 is 0 Å². The number of hydrogen-bond donors (Lipinski definition) is 2. The monoisotopic (exact) mass is 487 g/mol. The fourth-order valence-corrected chi connectivity index (χ4v) is 5.73. The molecule has 2 heterocycles. The van der Waals surface area contributed by atoms with E-state index in [9.17, 15) is 4.79 Å². The van der Waals surface area contributed by atoms with E-state index in [4.69, 9.17) is 9.84 Å². The van der Waals surface area contributed by atoms with Crippen LogP contribution in [-0.2, 0) is 16.6 Å². The zero-order valence-electron chi connectivity index (χ0n) is 21.5. The second kappa shape index (κ2) is 10.4. The average Bonchev–Trinajstić information content (AvgIpc) is 3.46. The molecule has 0 bridgehead atoms. The van der Waals surface area contributed by atoms with Crippen molar-refractivity contribution in [3.8, 4) is 5.69 Å². The summed E-state index contributed by atoms with van der Waals surface area (Å²) >= 11 is 0. The van der Waals surface area contributed by atoms with Gasteiger partial charge in [-0.3, -0.25) is 10.2 Å². The highest BCUT2D eigenvalue weighted by Crippen LogP contribution is 2.40. The molecule has 1 fully saturated rings. The molecule has 7 nitrogen and oxygen atoms in total. The van der Waals surface area contributed by atoms with Crippen molar-refractivity contribution in [2.45, 2.75) is 50.5 Å². The first-order valence-electron chi connectivity index (χ1n) is 13.0. The highest BCUT2D eigenvalue weighted by Gasteiger charge is 2.37. The third-order valence-corrected chi connectivity index (χ3v) is 7.64. The van der Waals surface area contributed by atoms with E-state index in [-0.39, 0.29) is 23.4 Å². The van der Waals surface area contributed by atoms with Gasteiger partial charge in [0.25, 0.3) is 0 Å². The van der Waals surface area contributed by atoms with Gasteiger partial charge in [-0.05, 0) is 37.0 Å². The standard InChI is InChI=1S/C29H37N5O2/c1-29(2)16-10-15-23-26(29)32-34(22-13-8-5-9-14-22)27(23)31-28(35)30-25-20-33(17-18-36-3)19-24(25)21-11-6-4-7-12-21/h4-9,11-14,24-25H,10,15-20H2,1-3H3,(H2,30,31,35). The van der Waals surface area contributed by atoms with Crippen LogP contribution in [0.5, 0.6) is 0 Å². The number of rotatable bonds is 7. The van der Waals surface area contributed by atoms with Crippen molar-refractivity contribution in [1.82, 2.24) is 20.0 Å². The van der Waals surface area contributed by atoms with Crippen molar-refractivity contribution in [2.75, 3.05) is 38.7 Å². The van der Waals surface area contributed by atoms with Crippen molar-refractivity contribution in [2.24, 2.45) is 0 Å². The number of likely N-dealkylation sites (tertiary alicyclic amines) is 1. The molecule has 0 saturated carbocycles. The molecular formula is C29H37N5O2. The van der Waals surface area contributed by atoms with Gasteiger partial charge in [-0.15, -0.1) is 0 Å². The second-order valence-corrected chi connectivity index (χ2v) is 10.6. The predicted molar refractivity (Wildman–Crippen MR) is 143 cm³/mol. The van der Waals surface area contributed by atoms with Crippen molar-refractivity contribution in [1.29, 1.82) is 0 Å². The Hall–Kier alpha value is -3.16. The number of nitrogens with one attached hydrogen (secondary N) is 2. The Morgan fingerprint density at radius 2 is 1.81 bits per heavy atom. The number of methoxy groups -OCH3 is 1. The lowest BCUT2D eigenvalue weighted by atomic mass is 9.76. The molecule has 190 valence electrons. The van der Waals surface area contributed by atoms with E-state index in [0.29, 0.717) is 6.61 Å². The zero-order chi connectivity index (χ0) is 25.1. The van der Waals surface area contributed by atoms with Crippen molar-refractivity contribution < 1.29 is 9.53 Å². The molecular weight excluding hydrogens is 450 g/mol. The summed E-state index contributed by atoms with van der Waals surface area (Å²) in [7, 11) is 1.73. The number of ether oxygens (including phenoxy) is 1. The quantitative estimate of drug-likeness (QED) is 0.506. The van der Waals surface area contributed by atoms with E-state index in [1.54, 1.807) is 7.11 Å². The number of carbonyl (C=O) groups is 1. The Balaban J connectivity index is 1.40. The Kier molecular flexibility index (Phi) is 7.12. The Morgan fingerprint density at radius 1 is 1.08 bits per heavy atom. The van der Waals surface area contributed by atoms with Gasteiger partial charge in [0.15, 0.2) is 0 Å². The summed E-state index contributed by atoms with van der Waals surface area (Å²) < 4.78 is 7.21. The van der Waals surface area contributed by atoms with Crippen LogP contribution >= 0.6 is 0 Å². The molecule has 2 amide bonds. The fourth-order valence-electron chi connectivity index (χ4n) is 5.73. The number of para-hydroxylation sites is 1. The summed E-state index contributed by atoms with van der Waals surface area (Å²) in [6, 6.07) is 20.4. The first-order chi connectivity index (χ1) is 17.5. The fraction of sp³-hybridized carbons (Fsp3) is 0.448. The van der Waals surface area contributed by atoms with Gasteiger partial charge >= 0.3 is 6.03 Å². The van der Waals surface area contributed by atoms with Gasteiger partial charge in [-0.25, -0.2) is 9.48 Å². The van der Waals surface area contributed by atoms with Crippen molar-refractivity contribution in [3.63, 3.8) is 0 Å². The van der Waals surface area contributed by atoms with Crippen LogP contribution in [0.15, 0.2) is 60.7 Å². The molecule has 1 aromatic heterocycles. The third kappa shape index (κ3) is 5.04. The van der Waals surface area contributed by atoms with Gasteiger partial charge in [0, 0.05) is 43.6 Å². The number of nitrogens with zero attached hydrogens (tertiary/aromatic N) is 3. The Labute approximate surface area is 213 Å². The normalized spacial score (nSPS) is 21.2. The molecule has 2 aliphatic rings. The number of anilines is 1. The van der Waals surface area contributed by atoms with Gasteiger partial charge in [0.1, 0.15) is 5.82 Å². The Morgan fingerprint density at radius 3 is 2.53 bits per heavy atom. The molecule has 0 radical (unpaired) electrons. The Bertz CT molecular complexity index is 1180. The number of urea groups is 1. The molecule has 2 unspecified atom stereocenters. The molecule has 2 atom stereocenters. The summed E-state index contributed by atoms with van der Waals surface area (Å²) in [4.78, 5) is 15.9. The lowest BCUT2D eigenvalue weighted by Crippen LogP contribution is -2.42. The summed E-state index contributed by atoms with van der Waals surface area (Å²) in [5.41, 5.74) is 4.41. The van der Waals surface area contributed by atoms with Gasteiger partial charge in [-0.1, -0.05) is 62.4 Å². The van der Waals surface area contributed by atoms with Gasteiger partial charge in [0.05, 0.1) is 24.0 Å². The van der Waals surface area contributed by atoms with E-state index in [0.717, 1.165) is 61.7 Å². The maximum atomic E-state index is 13.5. The van der Waals surface area contributed by atoms with E-state index < -0.39 is 0 Å². The van der Waals surface area contributed by atoms with Crippen LogP contribution in [0.25, 0.3) is 5.69 Å². The van der Waals surface area contributed by atoms with Crippen molar-refractivity contribution >= 4 is 11.8 Å². The van der Waals surface area contributed by atoms with Crippen LogP contribution in [0.2, 0.25) is 0 Å². The van der Waals surface area contributed by atoms with Crippen LogP contribution in [0, 0.1) is 0 Å². The third-order valence-electron chi connectivity index (χ3n) is 7.64. The highest BCUT2D eigenvalue weighted by atomic mass is 16.5. The van der Waals surface area contributed by atoms with Crippen molar-refractivity contribution in [3.05, 3.63) is 77.5 Å². The highest BCUT2D eigenvalue weighted by molar-refractivity contribution is 5.90. The maximum absolute atomic E-state index is 13.5. The van der Waals surface area contributed by atoms with Crippen LogP contribution < -0.4 is 10.6 Å². The van der Waals surface area contributed by atoms with E-state index in [2.05, 4.69) is 53.6 Å². The van der Waals surface area contributed by atoms with E-state index in [1.807, 2.05) is 41.1 Å². The number of benzene rings is 2. The topological polar surface area (TPSA) is 71.4 Å². The number of aromatic nitrogens is 2. The van der Waals surface area contributed by atoms with Crippen LogP contribution in [0.1, 0.15) is 49.4 Å². The van der Waals surface area contributed by atoms with E-state index in [1.165, 1.54) is 5.56 Å². The molecule has 5 rings (SSSR count). The number of hydrogen-bond acceptors (Lipinski definition) is 4. The lowest BCUT2D eigenvalue weighted by Gasteiger charge is -2.28. The molecule has 0 spiro atoms. The minimum Gasteiger partial charge on any atom is -0.383 e. The average molecular weight is 488 g/mol. The molecule has 36 heavy (non-hydrogen) atoms. The second-order valence-electron chi connectivity index (χ2n) is 10.6. The molecule has 2 N–H and O–H groups in total. The summed E-state index contributed by atoms with van der Waals surface area (Å²) in [6.45, 7) is 7.70. The first-order valence-corrected chi connectivity index (χ1v) is 13.0. The minimum absolute atomic E-state index is 0.00428. The molecule has 1 aliphatic heterocycles. The van der Waals surface area contributed by atoms with Crippen LogP contribution in [-0.4, -0.2) is 60.1 Å². The summed E-state index contributed by atoms with van der Waals surface area (Å²) in [5, 5.41) is 11.5. The molecule has 7 heteroatoms. The van der Waals surface area contributed by atoms with Crippen LogP contribution in [0.3, 0.4) is 0 Å². The molecule has 1 saturated heterocycles. The molecule has 2 aromatic carbocycles. The smallest absolute Gasteiger partial charge is 0.320 e. The van der Waals surface area contributed by atoms with Crippen LogP contribution in [0.4, 0.5) is 10.6 Å². The number of carbonyl (C=O) groups excluding carboxylic acids is 1. The molecule has 1 aliphatic carbocycles. The SMILES string of the molecule is COCCN1CC(NC(=O)Nc2c3c(nn2-c2ccccc2)C(C)(C)CCC3)C(c2ccccc2)C1. The largest absolute Gasteiger partial charge is 0.383 e. The summed E-state index contributed by atoms with van der Waals surface area (Å²) in [6.07, 6.45) is 3.10. The van der Waals surface area contributed by atoms with Gasteiger partial charge in [0.2, 0.25) is 0 Å². The zero-order valence-corrected chi connectivity index (χ0v) is 21.5. The minimum atomic E-state index is -0.183. The predicted octanol–water partition coefficient (Wildman–Crippen LogP) is 4.72. The first kappa shape index (κ1) is 24.5. The van der Waals surface area contributed by atoms with Gasteiger partial charge in [-0.2, -0.15) is 5.10 Å². The number of fused-ring (bicyclic) bond motifs is 1. The molecule has 3 aromatic rings.